The van der Waals surface area contributed by atoms with Gasteiger partial charge in [0.05, 0.1) is 6.42 Å². The Hall–Kier alpha value is -2.42. The molecule has 0 aliphatic carbocycles. The van der Waals surface area contributed by atoms with Gasteiger partial charge in [0.1, 0.15) is 5.78 Å². The molecule has 22 heavy (non-hydrogen) atoms. The molecular weight excluding hydrogens is 274 g/mol. The van der Waals surface area contributed by atoms with E-state index in [-0.39, 0.29) is 18.1 Å². The standard InChI is InChI=1S/C19H21NO2/c1-16(21)14-19(22)20(15-18-10-6-3-7-11-18)13-12-17-8-4-2-5-9-17/h2-11H,12-15H2,1H3. The number of nitrogens with zero attached hydrogens (tertiary/aromatic N) is 1. The second kappa shape index (κ2) is 8.13. The summed E-state index contributed by atoms with van der Waals surface area (Å²) < 4.78 is 0. The fourth-order valence-electron chi connectivity index (χ4n) is 2.33. The van der Waals surface area contributed by atoms with Crippen LogP contribution in [0.5, 0.6) is 0 Å². The Morgan fingerprint density at radius 2 is 1.41 bits per heavy atom. The lowest BCUT2D eigenvalue weighted by atomic mass is 10.1. The highest BCUT2D eigenvalue weighted by Crippen LogP contribution is 2.09. The third-order valence-corrected chi connectivity index (χ3v) is 3.48. The Bertz CT molecular complexity index is 608. The van der Waals surface area contributed by atoms with Gasteiger partial charge in [-0.2, -0.15) is 0 Å². The minimum atomic E-state index is -0.104. The van der Waals surface area contributed by atoms with Crippen molar-refractivity contribution in [1.82, 2.24) is 4.90 Å². The van der Waals surface area contributed by atoms with Crippen LogP contribution in [0.3, 0.4) is 0 Å². The second-order valence-corrected chi connectivity index (χ2v) is 5.42. The average molecular weight is 295 g/mol. The maximum absolute atomic E-state index is 12.3. The number of ketones is 1. The molecule has 0 unspecified atom stereocenters. The number of benzene rings is 2. The molecule has 0 fully saturated rings. The van der Waals surface area contributed by atoms with Gasteiger partial charge in [0, 0.05) is 13.1 Å². The molecule has 0 spiro atoms. The molecule has 0 N–H and O–H groups in total. The van der Waals surface area contributed by atoms with Crippen LogP contribution in [-0.4, -0.2) is 23.1 Å². The summed E-state index contributed by atoms with van der Waals surface area (Å²) in [4.78, 5) is 25.3. The number of carbonyl (C=O) groups excluding carboxylic acids is 2. The maximum atomic E-state index is 12.3. The van der Waals surface area contributed by atoms with E-state index in [1.165, 1.54) is 12.5 Å². The number of hydrogen-bond donors (Lipinski definition) is 0. The van der Waals surface area contributed by atoms with Crippen LogP contribution in [0.2, 0.25) is 0 Å². The van der Waals surface area contributed by atoms with E-state index in [9.17, 15) is 9.59 Å². The lowest BCUT2D eigenvalue weighted by molar-refractivity contribution is -0.135. The molecule has 0 saturated carbocycles. The fourth-order valence-corrected chi connectivity index (χ4v) is 2.33. The zero-order valence-corrected chi connectivity index (χ0v) is 12.9. The van der Waals surface area contributed by atoms with Gasteiger partial charge >= 0.3 is 0 Å². The van der Waals surface area contributed by atoms with E-state index >= 15 is 0 Å². The number of carbonyl (C=O) groups is 2. The predicted molar refractivity (Wildman–Crippen MR) is 87.3 cm³/mol. The van der Waals surface area contributed by atoms with E-state index in [4.69, 9.17) is 0 Å². The van der Waals surface area contributed by atoms with Crippen LogP contribution in [0.4, 0.5) is 0 Å². The summed E-state index contributed by atoms with van der Waals surface area (Å²) in [7, 11) is 0. The van der Waals surface area contributed by atoms with E-state index in [1.54, 1.807) is 4.90 Å². The van der Waals surface area contributed by atoms with E-state index in [1.807, 2.05) is 48.5 Å². The zero-order chi connectivity index (χ0) is 15.8. The van der Waals surface area contributed by atoms with Crippen molar-refractivity contribution in [2.75, 3.05) is 6.54 Å². The number of hydrogen-bond acceptors (Lipinski definition) is 2. The van der Waals surface area contributed by atoms with Gasteiger partial charge < -0.3 is 4.90 Å². The Balaban J connectivity index is 2.04. The molecule has 2 aromatic carbocycles. The smallest absolute Gasteiger partial charge is 0.230 e. The van der Waals surface area contributed by atoms with E-state index < -0.39 is 0 Å². The summed E-state index contributed by atoms with van der Waals surface area (Å²) in [5, 5.41) is 0. The van der Waals surface area contributed by atoms with Crippen LogP contribution >= 0.6 is 0 Å². The number of Topliss-reactive ketones (excluding diaryl/α,β-unsaturated/α-hetero) is 1. The predicted octanol–water partition coefficient (Wildman–Crippen LogP) is 3.24. The lowest BCUT2D eigenvalue weighted by Gasteiger charge is -2.22. The summed E-state index contributed by atoms with van der Waals surface area (Å²) in [6.45, 7) is 2.61. The van der Waals surface area contributed by atoms with Crippen molar-refractivity contribution in [3.05, 3.63) is 71.8 Å². The van der Waals surface area contributed by atoms with Crippen molar-refractivity contribution in [2.45, 2.75) is 26.3 Å². The molecule has 0 radical (unpaired) electrons. The number of amides is 1. The first-order chi connectivity index (χ1) is 10.6. The molecule has 0 aromatic heterocycles. The van der Waals surface area contributed by atoms with Crippen molar-refractivity contribution in [3.8, 4) is 0 Å². The van der Waals surface area contributed by atoms with Gasteiger partial charge in [0.15, 0.2) is 0 Å². The Morgan fingerprint density at radius 3 is 1.95 bits per heavy atom. The monoisotopic (exact) mass is 295 g/mol. The SMILES string of the molecule is CC(=O)CC(=O)N(CCc1ccccc1)Cc1ccccc1. The molecule has 0 atom stereocenters. The highest BCUT2D eigenvalue weighted by molar-refractivity contribution is 5.96. The minimum Gasteiger partial charge on any atom is -0.338 e. The molecule has 0 bridgehead atoms. The first-order valence-electron chi connectivity index (χ1n) is 7.50. The van der Waals surface area contributed by atoms with Gasteiger partial charge in [-0.25, -0.2) is 0 Å². The van der Waals surface area contributed by atoms with Crippen molar-refractivity contribution in [1.29, 1.82) is 0 Å². The average Bonchev–Trinajstić information content (AvgIpc) is 2.52. The largest absolute Gasteiger partial charge is 0.338 e. The van der Waals surface area contributed by atoms with Crippen molar-refractivity contribution in [3.63, 3.8) is 0 Å². The topological polar surface area (TPSA) is 37.4 Å². The van der Waals surface area contributed by atoms with Gasteiger partial charge in [-0.15, -0.1) is 0 Å². The summed E-state index contributed by atoms with van der Waals surface area (Å²) >= 11 is 0. The van der Waals surface area contributed by atoms with Gasteiger partial charge in [0.2, 0.25) is 5.91 Å². The molecule has 0 aliphatic heterocycles. The highest BCUT2D eigenvalue weighted by atomic mass is 16.2. The van der Waals surface area contributed by atoms with E-state index in [0.717, 1.165) is 12.0 Å². The first-order valence-corrected chi connectivity index (χ1v) is 7.50. The first kappa shape index (κ1) is 16.0. The van der Waals surface area contributed by atoms with Crippen molar-refractivity contribution < 1.29 is 9.59 Å². The van der Waals surface area contributed by atoms with E-state index in [2.05, 4.69) is 12.1 Å². The molecule has 2 aromatic rings. The second-order valence-electron chi connectivity index (χ2n) is 5.42. The fraction of sp³-hybridized carbons (Fsp3) is 0.263. The molecule has 0 saturated heterocycles. The molecule has 0 aliphatic rings. The molecule has 3 heteroatoms. The summed E-state index contributed by atoms with van der Waals surface area (Å²) in [5.74, 6) is -0.199. The molecule has 3 nitrogen and oxygen atoms in total. The van der Waals surface area contributed by atoms with Crippen LogP contribution in [0.1, 0.15) is 24.5 Å². The van der Waals surface area contributed by atoms with Gasteiger partial charge in [0.25, 0.3) is 0 Å². The highest BCUT2D eigenvalue weighted by Gasteiger charge is 2.15. The zero-order valence-electron chi connectivity index (χ0n) is 12.9. The molecule has 114 valence electrons. The summed E-state index contributed by atoms with van der Waals surface area (Å²) in [6.07, 6.45) is 0.763. The van der Waals surface area contributed by atoms with Gasteiger partial charge in [-0.05, 0) is 24.5 Å². The van der Waals surface area contributed by atoms with Gasteiger partial charge in [-0.1, -0.05) is 60.7 Å². The van der Waals surface area contributed by atoms with Gasteiger partial charge in [-0.3, -0.25) is 9.59 Å². The van der Waals surface area contributed by atoms with Crippen LogP contribution in [0.15, 0.2) is 60.7 Å². The third kappa shape index (κ3) is 5.17. The van der Waals surface area contributed by atoms with Crippen LogP contribution in [0.25, 0.3) is 0 Å². The summed E-state index contributed by atoms with van der Waals surface area (Å²) in [5.41, 5.74) is 2.27. The Labute approximate surface area is 131 Å². The van der Waals surface area contributed by atoms with E-state index in [0.29, 0.717) is 13.1 Å². The van der Waals surface area contributed by atoms with Crippen molar-refractivity contribution >= 4 is 11.7 Å². The summed E-state index contributed by atoms with van der Waals surface area (Å²) in [6, 6.07) is 19.9. The van der Waals surface area contributed by atoms with Crippen molar-refractivity contribution in [2.24, 2.45) is 0 Å². The maximum Gasteiger partial charge on any atom is 0.230 e. The van der Waals surface area contributed by atoms with Crippen LogP contribution in [0, 0.1) is 0 Å². The normalized spacial score (nSPS) is 10.2. The molecule has 0 heterocycles. The molecule has 2 rings (SSSR count). The molecular formula is C19H21NO2. The Kier molecular flexibility index (Phi) is 5.90. The molecule has 1 amide bonds. The third-order valence-electron chi connectivity index (χ3n) is 3.48. The Morgan fingerprint density at radius 1 is 0.864 bits per heavy atom. The van der Waals surface area contributed by atoms with Crippen LogP contribution in [-0.2, 0) is 22.6 Å². The lowest BCUT2D eigenvalue weighted by Crippen LogP contribution is -2.33. The minimum absolute atomic E-state index is 0.0262. The quantitative estimate of drug-likeness (QED) is 0.735. The van der Waals surface area contributed by atoms with Crippen LogP contribution < -0.4 is 0 Å². The number of rotatable bonds is 7.